The predicted octanol–water partition coefficient (Wildman–Crippen LogP) is 4.23. The van der Waals surface area contributed by atoms with Crippen LogP contribution in [0.4, 0.5) is 23.2 Å². The summed E-state index contributed by atoms with van der Waals surface area (Å²) in [6.07, 6.45) is -3.35. The van der Waals surface area contributed by atoms with Gasteiger partial charge in [0.05, 0.1) is 22.7 Å². The van der Waals surface area contributed by atoms with Gasteiger partial charge in [-0.1, -0.05) is 12.1 Å². The minimum atomic E-state index is -4.60. The number of alkyl halides is 3. The van der Waals surface area contributed by atoms with Crippen LogP contribution in [0, 0.1) is 5.82 Å². The van der Waals surface area contributed by atoms with E-state index in [0.29, 0.717) is 0 Å². The van der Waals surface area contributed by atoms with Crippen LogP contribution in [0.3, 0.4) is 0 Å². The highest BCUT2D eigenvalue weighted by Gasteiger charge is 2.32. The summed E-state index contributed by atoms with van der Waals surface area (Å²) in [6, 6.07) is 7.98. The van der Waals surface area contributed by atoms with E-state index in [1.807, 2.05) is 0 Å². The predicted molar refractivity (Wildman–Crippen MR) is 82.6 cm³/mol. The summed E-state index contributed by atoms with van der Waals surface area (Å²) in [5.41, 5.74) is -1.13. The lowest BCUT2D eigenvalue weighted by molar-refractivity contribution is -0.137. The van der Waals surface area contributed by atoms with Gasteiger partial charge < -0.3 is 0 Å². The highest BCUT2D eigenvalue weighted by Crippen LogP contribution is 2.33. The number of hydrogen-bond donors (Lipinski definition) is 0. The molecule has 0 radical (unpaired) electrons. The molecular weight excluding hydrogens is 346 g/mol. The van der Waals surface area contributed by atoms with Gasteiger partial charge in [0.25, 0.3) is 10.0 Å². The summed E-state index contributed by atoms with van der Waals surface area (Å²) in [4.78, 5) is -0.233. The minimum absolute atomic E-state index is 0.158. The van der Waals surface area contributed by atoms with E-state index in [4.69, 9.17) is 0 Å². The quantitative estimate of drug-likeness (QED) is 0.592. The maximum absolute atomic E-state index is 13.0. The molecule has 0 unspecified atom stereocenters. The molecule has 8 heteroatoms. The minimum Gasteiger partial charge on any atom is -0.263 e. The zero-order valence-electron chi connectivity index (χ0n) is 12.3. The number of sulfonamides is 1. The fraction of sp³-hybridized carbons (Fsp3) is 0.125. The first-order chi connectivity index (χ1) is 11.2. The second-order valence-electron chi connectivity index (χ2n) is 4.83. The van der Waals surface area contributed by atoms with Gasteiger partial charge in [-0.25, -0.2) is 12.8 Å². The van der Waals surface area contributed by atoms with Gasteiger partial charge in [0.1, 0.15) is 5.82 Å². The monoisotopic (exact) mass is 359 g/mol. The molecule has 0 aliphatic rings. The Morgan fingerprint density at radius 2 is 1.71 bits per heavy atom. The van der Waals surface area contributed by atoms with Crippen molar-refractivity contribution in [2.24, 2.45) is 0 Å². The average Bonchev–Trinajstić information content (AvgIpc) is 2.52. The van der Waals surface area contributed by atoms with Crippen molar-refractivity contribution >= 4 is 15.7 Å². The number of benzene rings is 2. The molecule has 0 aliphatic carbocycles. The Hall–Kier alpha value is -2.35. The highest BCUT2D eigenvalue weighted by molar-refractivity contribution is 7.92. The van der Waals surface area contributed by atoms with Crippen LogP contribution < -0.4 is 4.31 Å². The fourth-order valence-electron chi connectivity index (χ4n) is 2.03. The Kier molecular flexibility index (Phi) is 4.98. The van der Waals surface area contributed by atoms with Crippen molar-refractivity contribution in [3.63, 3.8) is 0 Å². The number of nitrogens with zero attached hydrogens (tertiary/aromatic N) is 1. The van der Waals surface area contributed by atoms with Crippen LogP contribution in [0.1, 0.15) is 5.56 Å². The summed E-state index contributed by atoms with van der Waals surface area (Å²) < 4.78 is 77.7. The molecule has 0 atom stereocenters. The van der Waals surface area contributed by atoms with E-state index in [1.165, 1.54) is 12.1 Å². The maximum Gasteiger partial charge on any atom is 0.416 e. The van der Waals surface area contributed by atoms with Crippen molar-refractivity contribution in [2.45, 2.75) is 11.1 Å². The van der Waals surface area contributed by atoms with Crippen LogP contribution in [0.25, 0.3) is 0 Å². The molecule has 2 aromatic rings. The van der Waals surface area contributed by atoms with E-state index in [9.17, 15) is 26.0 Å². The topological polar surface area (TPSA) is 37.4 Å². The third kappa shape index (κ3) is 3.76. The van der Waals surface area contributed by atoms with Gasteiger partial charge in [0.15, 0.2) is 0 Å². The summed E-state index contributed by atoms with van der Waals surface area (Å²) in [7, 11) is -4.17. The van der Waals surface area contributed by atoms with Crippen molar-refractivity contribution in [1.29, 1.82) is 0 Å². The molecule has 0 saturated heterocycles. The van der Waals surface area contributed by atoms with Crippen LogP contribution in [0.15, 0.2) is 66.1 Å². The van der Waals surface area contributed by atoms with Crippen LogP contribution >= 0.6 is 0 Å². The largest absolute Gasteiger partial charge is 0.416 e. The molecule has 0 amide bonds. The standard InChI is InChI=1S/C16H13F4NO2S/c1-2-10-21(14-5-3-4-12(11-14)16(18,19)20)24(22,23)15-8-6-13(17)7-9-15/h2-9,11H,1,10H2. The number of hydrogen-bond acceptors (Lipinski definition) is 2. The highest BCUT2D eigenvalue weighted by atomic mass is 32.2. The first-order valence-corrected chi connectivity index (χ1v) is 8.17. The lowest BCUT2D eigenvalue weighted by Crippen LogP contribution is -2.31. The van der Waals surface area contributed by atoms with Crippen LogP contribution in [0.2, 0.25) is 0 Å². The molecule has 3 nitrogen and oxygen atoms in total. The molecule has 128 valence electrons. The normalized spacial score (nSPS) is 12.0. The SMILES string of the molecule is C=CCN(c1cccc(C(F)(F)F)c1)S(=O)(=O)c1ccc(F)cc1. The van der Waals surface area contributed by atoms with Gasteiger partial charge in [-0.2, -0.15) is 13.2 Å². The second kappa shape index (κ2) is 6.64. The Morgan fingerprint density at radius 3 is 2.25 bits per heavy atom. The Morgan fingerprint density at radius 1 is 1.08 bits per heavy atom. The third-order valence-electron chi connectivity index (χ3n) is 3.16. The average molecular weight is 359 g/mol. The zero-order valence-corrected chi connectivity index (χ0v) is 13.1. The molecule has 24 heavy (non-hydrogen) atoms. The van der Waals surface area contributed by atoms with E-state index in [0.717, 1.165) is 46.8 Å². The number of rotatable bonds is 5. The Bertz CT molecular complexity index is 830. The molecular formula is C16H13F4NO2S. The number of halogens is 4. The summed E-state index contributed by atoms with van der Waals surface area (Å²) in [5, 5.41) is 0. The lowest BCUT2D eigenvalue weighted by atomic mass is 10.2. The molecule has 0 fully saturated rings. The van der Waals surface area contributed by atoms with Gasteiger partial charge in [0.2, 0.25) is 0 Å². The van der Waals surface area contributed by atoms with Crippen molar-refractivity contribution in [3.8, 4) is 0 Å². The van der Waals surface area contributed by atoms with E-state index in [2.05, 4.69) is 6.58 Å². The fourth-order valence-corrected chi connectivity index (χ4v) is 3.46. The van der Waals surface area contributed by atoms with E-state index >= 15 is 0 Å². The Labute approximate surface area is 136 Å². The first kappa shape index (κ1) is 18.0. The summed E-state index contributed by atoms with van der Waals surface area (Å²) in [6.45, 7) is 3.20. The maximum atomic E-state index is 13.0. The zero-order chi connectivity index (χ0) is 18.0. The molecule has 0 saturated carbocycles. The van der Waals surface area contributed by atoms with Crippen molar-refractivity contribution < 1.29 is 26.0 Å². The van der Waals surface area contributed by atoms with E-state index < -0.39 is 27.6 Å². The molecule has 0 aliphatic heterocycles. The van der Waals surface area contributed by atoms with Crippen molar-refractivity contribution in [3.05, 3.63) is 72.6 Å². The summed E-state index contributed by atoms with van der Waals surface area (Å²) >= 11 is 0. The van der Waals surface area contributed by atoms with Crippen molar-refractivity contribution in [1.82, 2.24) is 0 Å². The van der Waals surface area contributed by atoms with Gasteiger partial charge in [0, 0.05) is 0 Å². The molecule has 2 aromatic carbocycles. The van der Waals surface area contributed by atoms with E-state index in [-0.39, 0.29) is 17.1 Å². The smallest absolute Gasteiger partial charge is 0.263 e. The van der Waals surface area contributed by atoms with Crippen molar-refractivity contribution in [2.75, 3.05) is 10.8 Å². The summed E-state index contributed by atoms with van der Waals surface area (Å²) in [5.74, 6) is -0.622. The van der Waals surface area contributed by atoms with Gasteiger partial charge in [-0.05, 0) is 42.5 Å². The first-order valence-electron chi connectivity index (χ1n) is 6.73. The molecule has 0 aromatic heterocycles. The van der Waals surface area contributed by atoms with Gasteiger partial charge in [-0.15, -0.1) is 6.58 Å². The Balaban J connectivity index is 2.53. The van der Waals surface area contributed by atoms with Crippen LogP contribution in [-0.4, -0.2) is 15.0 Å². The van der Waals surface area contributed by atoms with Crippen LogP contribution in [-0.2, 0) is 16.2 Å². The van der Waals surface area contributed by atoms with Gasteiger partial charge in [-0.3, -0.25) is 4.31 Å². The second-order valence-corrected chi connectivity index (χ2v) is 6.69. The third-order valence-corrected chi connectivity index (χ3v) is 4.97. The molecule has 0 N–H and O–H groups in total. The molecule has 0 heterocycles. The molecule has 2 rings (SSSR count). The molecule has 0 spiro atoms. The number of anilines is 1. The van der Waals surface area contributed by atoms with E-state index in [1.54, 1.807) is 0 Å². The van der Waals surface area contributed by atoms with Crippen LogP contribution in [0.5, 0.6) is 0 Å². The van der Waals surface area contributed by atoms with Gasteiger partial charge >= 0.3 is 6.18 Å². The lowest BCUT2D eigenvalue weighted by Gasteiger charge is -2.24. The molecule has 0 bridgehead atoms.